The molecule has 4 heteroatoms. The lowest BCUT2D eigenvalue weighted by Gasteiger charge is -2.23. The molecular formula is C70H50N4. The minimum absolute atomic E-state index is 0.164. The van der Waals surface area contributed by atoms with E-state index in [-0.39, 0.29) is 10.8 Å². The number of nitrogens with zero attached hydrogens (tertiary/aromatic N) is 4. The fourth-order valence-electron chi connectivity index (χ4n) is 11.8. The molecule has 0 saturated carbocycles. The molecule has 0 aliphatic heterocycles. The second kappa shape index (κ2) is 16.7. The first-order valence-electron chi connectivity index (χ1n) is 25.6. The minimum atomic E-state index is -0.164. The molecule has 0 unspecified atom stereocenters. The Labute approximate surface area is 431 Å². The van der Waals surface area contributed by atoms with Gasteiger partial charge in [-0.2, -0.15) is 0 Å². The van der Waals surface area contributed by atoms with E-state index in [0.717, 1.165) is 55.7 Å². The average Bonchev–Trinajstić information content (AvgIpc) is 3.83. The largest absolute Gasteiger partial charge is 0.236 e. The highest BCUT2D eigenvalue weighted by Gasteiger charge is 2.37. The van der Waals surface area contributed by atoms with E-state index in [1.165, 1.54) is 89.0 Å². The van der Waals surface area contributed by atoms with Gasteiger partial charge in [-0.1, -0.05) is 198 Å². The Morgan fingerprint density at radius 2 is 0.541 bits per heavy atom. The molecule has 2 aliphatic carbocycles. The number of rotatable bonds is 7. The fourth-order valence-corrected chi connectivity index (χ4v) is 11.8. The highest BCUT2D eigenvalue weighted by molar-refractivity contribution is 5.89. The minimum Gasteiger partial charge on any atom is -0.236 e. The predicted molar refractivity (Wildman–Crippen MR) is 306 cm³/mol. The molecule has 0 N–H and O–H groups in total. The summed E-state index contributed by atoms with van der Waals surface area (Å²) in [7, 11) is 0. The molecule has 2 heterocycles. The van der Waals surface area contributed by atoms with Crippen LogP contribution in [0.4, 0.5) is 0 Å². The van der Waals surface area contributed by atoms with Crippen molar-refractivity contribution in [1.29, 1.82) is 0 Å². The van der Waals surface area contributed by atoms with Gasteiger partial charge in [0.25, 0.3) is 0 Å². The van der Waals surface area contributed by atoms with Gasteiger partial charge in [-0.3, -0.25) is 0 Å². The Morgan fingerprint density at radius 1 is 0.257 bits per heavy atom. The molecule has 14 rings (SSSR count). The van der Waals surface area contributed by atoms with Crippen LogP contribution in [0.2, 0.25) is 0 Å². The number of benzene rings is 10. The van der Waals surface area contributed by atoms with Crippen LogP contribution in [-0.2, 0) is 10.8 Å². The van der Waals surface area contributed by atoms with E-state index in [1.807, 2.05) is 48.8 Å². The first-order valence-corrected chi connectivity index (χ1v) is 25.6. The van der Waals surface area contributed by atoms with Gasteiger partial charge in [0, 0.05) is 45.1 Å². The Morgan fingerprint density at radius 3 is 0.905 bits per heavy atom. The third-order valence-corrected chi connectivity index (χ3v) is 16.0. The molecule has 0 bridgehead atoms. The van der Waals surface area contributed by atoms with Gasteiger partial charge >= 0.3 is 0 Å². The molecule has 2 aromatic heterocycles. The summed E-state index contributed by atoms with van der Waals surface area (Å²) >= 11 is 0. The lowest BCUT2D eigenvalue weighted by Crippen LogP contribution is -2.15. The second-order valence-electron chi connectivity index (χ2n) is 21.1. The SMILES string of the molecule is CC1(C)c2cc(-c3ccc(-c4ccc(-c5ccc6c(c5)C(C)(C)c5cc(-c7cccc(-c8ncc9ccccc9n8)c7)ccc5-6)cc4)cc3)ccc2-c2ccc(-c3cccc(-c4ncc5ccccc5n4)c3)cc21. The molecular weight excluding hydrogens is 897 g/mol. The van der Waals surface area contributed by atoms with Gasteiger partial charge in [-0.05, 0) is 149 Å². The first-order chi connectivity index (χ1) is 36.1. The number of aromatic nitrogens is 4. The van der Waals surface area contributed by atoms with Crippen molar-refractivity contribution >= 4 is 21.8 Å². The number of fused-ring (bicyclic) bond motifs is 8. The normalized spacial score (nSPS) is 13.6. The summed E-state index contributed by atoms with van der Waals surface area (Å²) in [5.41, 5.74) is 26.3. The Balaban J connectivity index is 0.683. The van der Waals surface area contributed by atoms with Crippen LogP contribution < -0.4 is 0 Å². The van der Waals surface area contributed by atoms with Crippen LogP contribution in [0.25, 0.3) is 122 Å². The molecule has 4 nitrogen and oxygen atoms in total. The molecule has 10 aromatic carbocycles. The topological polar surface area (TPSA) is 51.6 Å². The van der Waals surface area contributed by atoms with Gasteiger partial charge in [0.15, 0.2) is 11.6 Å². The van der Waals surface area contributed by atoms with Crippen molar-refractivity contribution in [1.82, 2.24) is 19.9 Å². The van der Waals surface area contributed by atoms with Crippen LogP contribution in [0.5, 0.6) is 0 Å². The molecule has 2 aliphatic rings. The number of para-hydroxylation sites is 2. The molecule has 350 valence electrons. The molecule has 12 aromatic rings. The van der Waals surface area contributed by atoms with Crippen molar-refractivity contribution in [3.63, 3.8) is 0 Å². The Kier molecular flexibility index (Phi) is 9.87. The third kappa shape index (κ3) is 7.20. The van der Waals surface area contributed by atoms with E-state index in [2.05, 4.69) is 210 Å². The highest BCUT2D eigenvalue weighted by Crippen LogP contribution is 2.52. The Bertz CT molecular complexity index is 3960. The van der Waals surface area contributed by atoms with Crippen LogP contribution in [0.15, 0.2) is 231 Å². The van der Waals surface area contributed by atoms with E-state index in [4.69, 9.17) is 19.9 Å². The predicted octanol–water partition coefficient (Wildman–Crippen LogP) is 17.9. The van der Waals surface area contributed by atoms with Gasteiger partial charge in [0.1, 0.15) is 0 Å². The summed E-state index contributed by atoms with van der Waals surface area (Å²) in [6, 6.07) is 79.6. The van der Waals surface area contributed by atoms with Crippen LogP contribution in [0.3, 0.4) is 0 Å². The summed E-state index contributed by atoms with van der Waals surface area (Å²) in [5, 5.41) is 2.09. The molecule has 0 radical (unpaired) electrons. The van der Waals surface area contributed by atoms with Crippen molar-refractivity contribution in [2.45, 2.75) is 38.5 Å². The summed E-state index contributed by atoms with van der Waals surface area (Å²) in [5.74, 6) is 1.48. The number of hydrogen-bond acceptors (Lipinski definition) is 4. The van der Waals surface area contributed by atoms with Gasteiger partial charge in [-0.15, -0.1) is 0 Å². The van der Waals surface area contributed by atoms with Crippen molar-refractivity contribution in [3.8, 4) is 101 Å². The van der Waals surface area contributed by atoms with Crippen LogP contribution >= 0.6 is 0 Å². The smallest absolute Gasteiger partial charge is 0.159 e. The molecule has 0 saturated heterocycles. The van der Waals surface area contributed by atoms with Crippen LogP contribution in [-0.4, -0.2) is 19.9 Å². The van der Waals surface area contributed by atoms with E-state index < -0.39 is 0 Å². The van der Waals surface area contributed by atoms with E-state index in [0.29, 0.717) is 0 Å². The van der Waals surface area contributed by atoms with E-state index in [1.54, 1.807) is 0 Å². The maximum Gasteiger partial charge on any atom is 0.159 e. The van der Waals surface area contributed by atoms with Crippen molar-refractivity contribution < 1.29 is 0 Å². The highest BCUT2D eigenvalue weighted by atomic mass is 14.9. The van der Waals surface area contributed by atoms with Gasteiger partial charge in [0.05, 0.1) is 11.0 Å². The van der Waals surface area contributed by atoms with Gasteiger partial charge in [-0.25, -0.2) is 19.9 Å². The van der Waals surface area contributed by atoms with E-state index >= 15 is 0 Å². The maximum absolute atomic E-state index is 4.88. The standard InChI is InChI=1S/C70H50N4/c1-69(2)61-37-49(27-31-57(61)59-33-29-51(39-63(59)69)47-13-9-15-53(35-47)67-71-41-55-11-5-7-17-65(55)73-67)45-23-19-43(20-24-45)44-21-25-46(26-22-44)50-28-32-58-60-34-30-52(40-64(60)70(3,4)62(58)38-50)48-14-10-16-54(36-48)68-72-42-56-12-6-8-18-66(56)74-68/h5-42H,1-4H3. The maximum atomic E-state index is 4.88. The van der Waals surface area contributed by atoms with Gasteiger partial charge in [0.2, 0.25) is 0 Å². The summed E-state index contributed by atoms with van der Waals surface area (Å²) in [4.78, 5) is 19.2. The monoisotopic (exact) mass is 946 g/mol. The first kappa shape index (κ1) is 43.7. The molecule has 0 amide bonds. The fraction of sp³-hybridized carbons (Fsp3) is 0.0857. The van der Waals surface area contributed by atoms with Crippen molar-refractivity contribution in [2.24, 2.45) is 0 Å². The zero-order valence-corrected chi connectivity index (χ0v) is 41.7. The zero-order chi connectivity index (χ0) is 49.7. The quantitative estimate of drug-likeness (QED) is 0.160. The van der Waals surface area contributed by atoms with Crippen molar-refractivity contribution in [2.75, 3.05) is 0 Å². The van der Waals surface area contributed by atoms with Crippen molar-refractivity contribution in [3.05, 3.63) is 253 Å². The summed E-state index contributed by atoms with van der Waals surface area (Å²) in [6.45, 7) is 9.45. The van der Waals surface area contributed by atoms with Crippen LogP contribution in [0, 0.1) is 0 Å². The average molecular weight is 947 g/mol. The molecule has 74 heavy (non-hydrogen) atoms. The van der Waals surface area contributed by atoms with Gasteiger partial charge < -0.3 is 0 Å². The summed E-state index contributed by atoms with van der Waals surface area (Å²) < 4.78 is 0. The zero-order valence-electron chi connectivity index (χ0n) is 41.7. The van der Waals surface area contributed by atoms with E-state index in [9.17, 15) is 0 Å². The lowest BCUT2D eigenvalue weighted by atomic mass is 9.80. The lowest BCUT2D eigenvalue weighted by molar-refractivity contribution is 0.660. The second-order valence-corrected chi connectivity index (χ2v) is 21.1. The number of hydrogen-bond donors (Lipinski definition) is 0. The summed E-state index contributed by atoms with van der Waals surface area (Å²) in [6.07, 6.45) is 3.83. The van der Waals surface area contributed by atoms with Crippen LogP contribution in [0.1, 0.15) is 49.9 Å². The Hall–Kier alpha value is -9.12. The molecule has 0 spiro atoms. The molecule has 0 atom stereocenters. The third-order valence-electron chi connectivity index (χ3n) is 16.0. The molecule has 0 fully saturated rings.